The zero-order valence-corrected chi connectivity index (χ0v) is 26.7. The summed E-state index contributed by atoms with van der Waals surface area (Å²) in [5.74, 6) is -0.215. The third-order valence-electron chi connectivity index (χ3n) is 13.7. The lowest BCUT2D eigenvalue weighted by molar-refractivity contribution is -0.227. The molecule has 0 bridgehead atoms. The van der Waals surface area contributed by atoms with Crippen LogP contribution in [0.3, 0.4) is 0 Å². The number of esters is 2. The SMILES string of the molecule is CC(=O)OCC12CCC3(C)C4C(=CCC3(C)C1C(O)CC2C(C)C)C1(C)CC(OC(C)=O)C(O)C(C)(C)C1CC4O. The Hall–Kier alpha value is -1.44. The molecule has 5 rings (SSSR count). The van der Waals surface area contributed by atoms with Gasteiger partial charge in [0.15, 0.2) is 0 Å². The van der Waals surface area contributed by atoms with Gasteiger partial charge in [0.1, 0.15) is 6.10 Å². The summed E-state index contributed by atoms with van der Waals surface area (Å²) < 4.78 is 11.5. The van der Waals surface area contributed by atoms with Gasteiger partial charge in [0.25, 0.3) is 0 Å². The molecule has 0 heterocycles. The molecule has 12 atom stereocenters. The summed E-state index contributed by atoms with van der Waals surface area (Å²) in [6.45, 7) is 18.6. The lowest BCUT2D eigenvalue weighted by atomic mass is 9.35. The molecule has 0 saturated heterocycles. The first-order valence-corrected chi connectivity index (χ1v) is 15.9. The minimum absolute atomic E-state index is 0.0244. The Labute approximate surface area is 246 Å². The Morgan fingerprint density at radius 3 is 2.20 bits per heavy atom. The number of fused-ring (bicyclic) bond motifs is 7. The van der Waals surface area contributed by atoms with Crippen LogP contribution in [0.5, 0.6) is 0 Å². The molecule has 0 radical (unpaired) electrons. The van der Waals surface area contributed by atoms with E-state index >= 15 is 0 Å². The van der Waals surface area contributed by atoms with Gasteiger partial charge in [-0.05, 0) is 77.9 Å². The van der Waals surface area contributed by atoms with Crippen LogP contribution >= 0.6 is 0 Å². The van der Waals surface area contributed by atoms with Crippen molar-refractivity contribution in [2.24, 2.45) is 56.7 Å². The largest absolute Gasteiger partial charge is 0.465 e. The predicted molar refractivity (Wildman–Crippen MR) is 155 cm³/mol. The summed E-state index contributed by atoms with van der Waals surface area (Å²) in [5, 5.41) is 35.2. The Kier molecular flexibility index (Phi) is 7.40. The van der Waals surface area contributed by atoms with Crippen molar-refractivity contribution in [3.05, 3.63) is 11.6 Å². The summed E-state index contributed by atoms with van der Waals surface area (Å²) >= 11 is 0. The third kappa shape index (κ3) is 4.14. The highest BCUT2D eigenvalue weighted by molar-refractivity contribution is 5.66. The fraction of sp³-hybridized carbons (Fsp3) is 0.882. The van der Waals surface area contributed by atoms with E-state index < -0.39 is 29.8 Å². The van der Waals surface area contributed by atoms with E-state index in [4.69, 9.17) is 9.47 Å². The second-order valence-electron chi connectivity index (χ2n) is 16.2. The van der Waals surface area contributed by atoms with E-state index in [-0.39, 0.29) is 57.3 Å². The highest BCUT2D eigenvalue weighted by Gasteiger charge is 2.73. The van der Waals surface area contributed by atoms with Crippen LogP contribution in [0.1, 0.15) is 101 Å². The molecule has 3 N–H and O–H groups in total. The van der Waals surface area contributed by atoms with Crippen molar-refractivity contribution in [1.82, 2.24) is 0 Å². The van der Waals surface area contributed by atoms with Gasteiger partial charge in [-0.3, -0.25) is 9.59 Å². The Bertz CT molecular complexity index is 1110. The summed E-state index contributed by atoms with van der Waals surface area (Å²) in [7, 11) is 0. The highest BCUT2D eigenvalue weighted by Crippen LogP contribution is 2.76. The Balaban J connectivity index is 1.62. The second kappa shape index (κ2) is 9.79. The molecular weight excluding hydrogens is 520 g/mol. The van der Waals surface area contributed by atoms with Gasteiger partial charge in [-0.25, -0.2) is 0 Å². The number of hydrogen-bond donors (Lipinski definition) is 3. The van der Waals surface area contributed by atoms with Crippen LogP contribution in [-0.2, 0) is 19.1 Å². The van der Waals surface area contributed by atoms with Gasteiger partial charge in [0.05, 0.1) is 24.9 Å². The molecule has 7 heteroatoms. The average molecular weight is 575 g/mol. The van der Waals surface area contributed by atoms with Crippen LogP contribution in [0.4, 0.5) is 0 Å². The first kappa shape index (κ1) is 31.0. The van der Waals surface area contributed by atoms with Crippen LogP contribution in [0.2, 0.25) is 0 Å². The molecule has 41 heavy (non-hydrogen) atoms. The standard InChI is InChI=1S/C34H54O7/c1-18(2)22-14-24(38)28-33(9)11-10-21-27(32(33,8)12-13-34(22,28)17-40-19(3)35)23(37)15-26-30(5,6)29(39)25(41-20(4)36)16-31(21,26)7/h10,18,22-29,37-39H,11-17H2,1-9H3. The molecule has 5 aliphatic rings. The number of carbonyl (C=O) groups excluding carboxylic acids is 2. The maximum Gasteiger partial charge on any atom is 0.302 e. The molecule has 5 aliphatic carbocycles. The molecule has 232 valence electrons. The number of aliphatic hydroxyl groups is 3. The fourth-order valence-electron chi connectivity index (χ4n) is 11.9. The first-order valence-electron chi connectivity index (χ1n) is 15.9. The molecule has 12 unspecified atom stereocenters. The normalized spacial score (nSPS) is 50.1. The zero-order valence-electron chi connectivity index (χ0n) is 26.7. The van der Waals surface area contributed by atoms with E-state index in [1.807, 2.05) is 13.8 Å². The van der Waals surface area contributed by atoms with E-state index in [2.05, 4.69) is 40.7 Å². The summed E-state index contributed by atoms with van der Waals surface area (Å²) in [6, 6.07) is 0. The van der Waals surface area contributed by atoms with Gasteiger partial charge < -0.3 is 24.8 Å². The van der Waals surface area contributed by atoms with E-state index in [1.165, 1.54) is 19.4 Å². The van der Waals surface area contributed by atoms with Crippen molar-refractivity contribution in [2.75, 3.05) is 6.61 Å². The van der Waals surface area contributed by atoms with E-state index in [0.29, 0.717) is 31.8 Å². The molecule has 0 amide bonds. The van der Waals surface area contributed by atoms with Gasteiger partial charge in [-0.1, -0.05) is 60.1 Å². The number of hydrogen-bond acceptors (Lipinski definition) is 7. The van der Waals surface area contributed by atoms with Crippen LogP contribution in [0, 0.1) is 56.7 Å². The summed E-state index contributed by atoms with van der Waals surface area (Å²) in [6.07, 6.45) is 4.13. The molecule has 7 nitrogen and oxygen atoms in total. The van der Waals surface area contributed by atoms with Crippen LogP contribution in [-0.4, -0.2) is 58.3 Å². The fourth-order valence-corrected chi connectivity index (χ4v) is 11.9. The maximum absolute atomic E-state index is 12.1. The maximum atomic E-state index is 12.1. The number of rotatable bonds is 4. The minimum atomic E-state index is -0.809. The second-order valence-corrected chi connectivity index (χ2v) is 16.2. The van der Waals surface area contributed by atoms with Gasteiger partial charge in [0.2, 0.25) is 0 Å². The molecule has 0 aromatic heterocycles. The lowest BCUT2D eigenvalue weighted by Gasteiger charge is -2.70. The molecule has 4 fully saturated rings. The monoisotopic (exact) mass is 574 g/mol. The van der Waals surface area contributed by atoms with Crippen molar-refractivity contribution in [3.63, 3.8) is 0 Å². The number of allylic oxidation sites excluding steroid dienone is 1. The van der Waals surface area contributed by atoms with Crippen molar-refractivity contribution >= 4 is 11.9 Å². The van der Waals surface area contributed by atoms with Crippen LogP contribution in [0.25, 0.3) is 0 Å². The molecule has 0 aromatic carbocycles. The van der Waals surface area contributed by atoms with E-state index in [1.54, 1.807) is 0 Å². The third-order valence-corrected chi connectivity index (χ3v) is 13.7. The van der Waals surface area contributed by atoms with E-state index in [0.717, 1.165) is 19.3 Å². The van der Waals surface area contributed by atoms with Crippen molar-refractivity contribution in [3.8, 4) is 0 Å². The van der Waals surface area contributed by atoms with Crippen molar-refractivity contribution < 1.29 is 34.4 Å². The Morgan fingerprint density at radius 2 is 1.61 bits per heavy atom. The molecule has 4 saturated carbocycles. The molecule has 0 aliphatic heterocycles. The number of ether oxygens (including phenoxy) is 2. The quantitative estimate of drug-likeness (QED) is 0.318. The van der Waals surface area contributed by atoms with E-state index in [9.17, 15) is 24.9 Å². The Morgan fingerprint density at radius 1 is 0.951 bits per heavy atom. The average Bonchev–Trinajstić information content (AvgIpc) is 3.17. The number of aliphatic hydroxyl groups excluding tert-OH is 3. The van der Waals surface area contributed by atoms with Gasteiger partial charge >= 0.3 is 11.9 Å². The molecule has 0 spiro atoms. The minimum Gasteiger partial charge on any atom is -0.465 e. The molecule has 0 aromatic rings. The van der Waals surface area contributed by atoms with Crippen LogP contribution < -0.4 is 0 Å². The van der Waals surface area contributed by atoms with Gasteiger partial charge in [0, 0.05) is 31.1 Å². The van der Waals surface area contributed by atoms with Crippen molar-refractivity contribution in [2.45, 2.75) is 125 Å². The predicted octanol–water partition coefficient (Wildman–Crippen LogP) is 5.05. The lowest BCUT2D eigenvalue weighted by Crippen LogP contribution is -2.68. The summed E-state index contributed by atoms with van der Waals surface area (Å²) in [5.41, 5.74) is -0.580. The first-order chi connectivity index (χ1) is 18.9. The highest BCUT2D eigenvalue weighted by atomic mass is 16.6. The smallest absolute Gasteiger partial charge is 0.302 e. The number of carbonyl (C=O) groups is 2. The zero-order chi connectivity index (χ0) is 30.5. The topological polar surface area (TPSA) is 113 Å². The van der Waals surface area contributed by atoms with Gasteiger partial charge in [-0.2, -0.15) is 0 Å². The van der Waals surface area contributed by atoms with Crippen LogP contribution in [0.15, 0.2) is 11.6 Å². The summed E-state index contributed by atoms with van der Waals surface area (Å²) in [4.78, 5) is 24.1. The molecular formula is C34H54O7. The van der Waals surface area contributed by atoms with Gasteiger partial charge in [-0.15, -0.1) is 0 Å². The van der Waals surface area contributed by atoms with Crippen molar-refractivity contribution in [1.29, 1.82) is 0 Å².